The quantitative estimate of drug-likeness (QED) is 0.777. The highest BCUT2D eigenvalue weighted by molar-refractivity contribution is 7.91. The topological polar surface area (TPSA) is 99.3 Å². The summed E-state index contributed by atoms with van der Waals surface area (Å²) in [5, 5.41) is 0. The van der Waals surface area contributed by atoms with Crippen molar-refractivity contribution in [3.8, 4) is 0 Å². The van der Waals surface area contributed by atoms with Gasteiger partial charge >= 0.3 is 5.97 Å². The summed E-state index contributed by atoms with van der Waals surface area (Å²) in [5.41, 5.74) is 6.70. The average Bonchev–Trinajstić information content (AvgIpc) is 2.61. The van der Waals surface area contributed by atoms with Crippen LogP contribution in [0.15, 0.2) is 12.3 Å². The molecule has 1 aliphatic heterocycles. The molecule has 0 aromatic carbocycles. The smallest absolute Gasteiger partial charge is 0.340 e. The van der Waals surface area contributed by atoms with E-state index in [2.05, 4.69) is 4.98 Å². The summed E-state index contributed by atoms with van der Waals surface area (Å²) in [7, 11) is -3.06. The van der Waals surface area contributed by atoms with Crippen molar-refractivity contribution in [3.05, 3.63) is 23.5 Å². The number of nitrogens with zero attached hydrogens (tertiary/aromatic N) is 1. The second kappa shape index (κ2) is 4.56. The van der Waals surface area contributed by atoms with Crippen molar-refractivity contribution in [3.63, 3.8) is 0 Å². The fraction of sp³-hybridized carbons (Fsp3) is 0.455. The van der Waals surface area contributed by atoms with Gasteiger partial charge in [-0.15, -0.1) is 0 Å². The van der Waals surface area contributed by atoms with E-state index in [4.69, 9.17) is 10.5 Å². The first-order chi connectivity index (χ1) is 8.37. The maximum absolute atomic E-state index is 11.9. The molecular weight excluding hydrogens is 256 g/mol. The van der Waals surface area contributed by atoms with E-state index >= 15 is 0 Å². The second-order valence-electron chi connectivity index (χ2n) is 4.33. The van der Waals surface area contributed by atoms with Crippen LogP contribution in [0.25, 0.3) is 0 Å². The number of esters is 1. The van der Waals surface area contributed by atoms with E-state index in [9.17, 15) is 13.2 Å². The first-order valence-corrected chi connectivity index (χ1v) is 7.33. The number of aryl methyl sites for hydroxylation is 1. The Morgan fingerprint density at radius 2 is 2.28 bits per heavy atom. The van der Waals surface area contributed by atoms with E-state index in [1.807, 2.05) is 0 Å². The van der Waals surface area contributed by atoms with Crippen LogP contribution in [0.1, 0.15) is 22.5 Å². The Bertz CT molecular complexity index is 583. The van der Waals surface area contributed by atoms with E-state index in [1.54, 1.807) is 6.92 Å². The van der Waals surface area contributed by atoms with Gasteiger partial charge in [0.15, 0.2) is 9.84 Å². The zero-order valence-electron chi connectivity index (χ0n) is 9.92. The first-order valence-electron chi connectivity index (χ1n) is 5.51. The van der Waals surface area contributed by atoms with Crippen LogP contribution >= 0.6 is 0 Å². The van der Waals surface area contributed by atoms with Crippen LogP contribution in [-0.4, -0.2) is 37.0 Å². The van der Waals surface area contributed by atoms with Crippen molar-refractivity contribution >= 4 is 21.5 Å². The summed E-state index contributed by atoms with van der Waals surface area (Å²) in [6, 6.07) is 1.48. The molecule has 2 heterocycles. The van der Waals surface area contributed by atoms with Crippen LogP contribution in [0.2, 0.25) is 0 Å². The van der Waals surface area contributed by atoms with E-state index in [-0.39, 0.29) is 17.1 Å². The molecule has 1 saturated heterocycles. The standard InChI is InChI=1S/C11H14N2O4S/c1-7-10(4-8(12)5-13-7)11(14)17-9-2-3-18(15,16)6-9/h4-5,9H,2-3,6,12H2,1H3. The average molecular weight is 270 g/mol. The van der Waals surface area contributed by atoms with Gasteiger partial charge in [-0.3, -0.25) is 4.98 Å². The molecule has 0 spiro atoms. The SMILES string of the molecule is Cc1ncc(N)cc1C(=O)OC1CCS(=O)(=O)C1. The van der Waals surface area contributed by atoms with Crippen LogP contribution in [-0.2, 0) is 14.6 Å². The number of sulfone groups is 1. The van der Waals surface area contributed by atoms with Gasteiger partial charge < -0.3 is 10.5 Å². The highest BCUT2D eigenvalue weighted by Crippen LogP contribution is 2.18. The summed E-state index contributed by atoms with van der Waals surface area (Å²) in [4.78, 5) is 15.8. The van der Waals surface area contributed by atoms with E-state index in [0.29, 0.717) is 17.8 Å². The normalized spacial score (nSPS) is 21.7. The number of hydrogen-bond donors (Lipinski definition) is 1. The van der Waals surface area contributed by atoms with E-state index < -0.39 is 21.9 Å². The fourth-order valence-corrected chi connectivity index (χ4v) is 3.41. The third-order valence-electron chi connectivity index (χ3n) is 2.79. The van der Waals surface area contributed by atoms with Crippen LogP contribution in [0.5, 0.6) is 0 Å². The number of rotatable bonds is 2. The molecule has 1 fully saturated rings. The number of carbonyl (C=O) groups is 1. The van der Waals surface area contributed by atoms with E-state index in [1.165, 1.54) is 12.3 Å². The lowest BCUT2D eigenvalue weighted by molar-refractivity contribution is 0.0355. The highest BCUT2D eigenvalue weighted by atomic mass is 32.2. The van der Waals surface area contributed by atoms with Crippen LogP contribution in [0.3, 0.4) is 0 Å². The Balaban J connectivity index is 2.11. The number of ether oxygens (including phenoxy) is 1. The molecule has 0 aliphatic carbocycles. The molecule has 1 aromatic rings. The molecule has 1 atom stereocenters. The van der Waals surface area contributed by atoms with Crippen molar-refractivity contribution < 1.29 is 17.9 Å². The van der Waals surface area contributed by atoms with Crippen molar-refractivity contribution in [2.24, 2.45) is 0 Å². The second-order valence-corrected chi connectivity index (χ2v) is 6.56. The number of pyridine rings is 1. The predicted octanol–water partition coefficient (Wildman–Crippen LogP) is 0.316. The number of aromatic nitrogens is 1. The van der Waals surface area contributed by atoms with Crippen LogP contribution < -0.4 is 5.73 Å². The molecule has 0 bridgehead atoms. The molecule has 7 heteroatoms. The van der Waals surface area contributed by atoms with Gasteiger partial charge in [-0.2, -0.15) is 0 Å². The molecule has 0 amide bonds. The number of carbonyl (C=O) groups excluding carboxylic acids is 1. The number of nitrogen functional groups attached to an aromatic ring is 1. The minimum atomic E-state index is -3.06. The third-order valence-corrected chi connectivity index (χ3v) is 4.53. The number of nitrogens with two attached hydrogens (primary N) is 1. The Kier molecular flexibility index (Phi) is 3.25. The van der Waals surface area contributed by atoms with Crippen molar-refractivity contribution in [1.82, 2.24) is 4.98 Å². The summed E-state index contributed by atoms with van der Waals surface area (Å²) in [6.07, 6.45) is 1.23. The van der Waals surface area contributed by atoms with Crippen molar-refractivity contribution in [2.75, 3.05) is 17.2 Å². The van der Waals surface area contributed by atoms with Crippen LogP contribution in [0, 0.1) is 6.92 Å². The molecule has 0 saturated carbocycles. The maximum Gasteiger partial charge on any atom is 0.340 e. The number of hydrogen-bond acceptors (Lipinski definition) is 6. The molecular formula is C11H14N2O4S. The largest absolute Gasteiger partial charge is 0.458 e. The molecule has 2 rings (SSSR count). The molecule has 2 N–H and O–H groups in total. The Labute approximate surface area is 105 Å². The van der Waals surface area contributed by atoms with Gasteiger partial charge in [0.2, 0.25) is 0 Å². The van der Waals surface area contributed by atoms with Gasteiger partial charge in [-0.25, -0.2) is 13.2 Å². The van der Waals surface area contributed by atoms with Gasteiger partial charge in [0.25, 0.3) is 0 Å². The van der Waals surface area contributed by atoms with Gasteiger partial charge in [0.05, 0.1) is 34.6 Å². The lowest BCUT2D eigenvalue weighted by Gasteiger charge is -2.11. The Hall–Kier alpha value is -1.63. The van der Waals surface area contributed by atoms with Gasteiger partial charge in [0.1, 0.15) is 6.10 Å². The minimum absolute atomic E-state index is 0.0686. The van der Waals surface area contributed by atoms with Gasteiger partial charge in [-0.05, 0) is 19.4 Å². The summed E-state index contributed by atoms with van der Waals surface area (Å²) < 4.78 is 27.7. The summed E-state index contributed by atoms with van der Waals surface area (Å²) in [5.74, 6) is -0.610. The first kappa shape index (κ1) is 12.8. The maximum atomic E-state index is 11.9. The molecule has 18 heavy (non-hydrogen) atoms. The highest BCUT2D eigenvalue weighted by Gasteiger charge is 2.31. The molecule has 98 valence electrons. The summed E-state index contributed by atoms with van der Waals surface area (Å²) >= 11 is 0. The minimum Gasteiger partial charge on any atom is -0.458 e. The Morgan fingerprint density at radius 1 is 1.56 bits per heavy atom. The zero-order chi connectivity index (χ0) is 13.3. The van der Waals surface area contributed by atoms with Crippen LogP contribution in [0.4, 0.5) is 5.69 Å². The predicted molar refractivity (Wildman–Crippen MR) is 65.9 cm³/mol. The van der Waals surface area contributed by atoms with Gasteiger partial charge in [-0.1, -0.05) is 0 Å². The number of anilines is 1. The molecule has 6 nitrogen and oxygen atoms in total. The van der Waals surface area contributed by atoms with E-state index in [0.717, 1.165) is 0 Å². The molecule has 1 aliphatic rings. The van der Waals surface area contributed by atoms with Crippen molar-refractivity contribution in [2.45, 2.75) is 19.4 Å². The molecule has 1 aromatic heterocycles. The summed E-state index contributed by atoms with van der Waals surface area (Å²) in [6.45, 7) is 1.67. The third kappa shape index (κ3) is 2.79. The Morgan fingerprint density at radius 3 is 2.89 bits per heavy atom. The molecule has 1 unspecified atom stereocenters. The lowest BCUT2D eigenvalue weighted by atomic mass is 10.2. The van der Waals surface area contributed by atoms with Gasteiger partial charge in [0, 0.05) is 0 Å². The monoisotopic (exact) mass is 270 g/mol. The molecule has 0 radical (unpaired) electrons. The van der Waals surface area contributed by atoms with Crippen molar-refractivity contribution in [1.29, 1.82) is 0 Å². The lowest BCUT2D eigenvalue weighted by Crippen LogP contribution is -2.20. The zero-order valence-corrected chi connectivity index (χ0v) is 10.7. The fourth-order valence-electron chi connectivity index (χ4n) is 1.82.